The zero-order chi connectivity index (χ0) is 18.9. The summed E-state index contributed by atoms with van der Waals surface area (Å²) in [6.07, 6.45) is 1.32. The number of nitrogens with one attached hydrogen (secondary N) is 1. The summed E-state index contributed by atoms with van der Waals surface area (Å²) in [7, 11) is -6.06. The minimum atomic E-state index is -4.34. The Hall–Kier alpha value is -1.51. The standard InChI is InChI=1S/C17H22FNO4S2/c1-16(2,3)24(20)19-17(4,14-11-8-12-23-14)15(18)25(21,22)13-9-6-5-7-10-13/h5-12,15,19H,1-4H3/t15-,17+,24?/m0/s1. The van der Waals surface area contributed by atoms with Crippen molar-refractivity contribution in [2.75, 3.05) is 0 Å². The van der Waals surface area contributed by atoms with Crippen molar-refractivity contribution < 1.29 is 21.4 Å². The average molecular weight is 387 g/mol. The van der Waals surface area contributed by atoms with Crippen molar-refractivity contribution in [3.63, 3.8) is 0 Å². The molecule has 0 aliphatic rings. The Kier molecular flexibility index (Phi) is 5.56. The van der Waals surface area contributed by atoms with Crippen molar-refractivity contribution in [3.8, 4) is 0 Å². The Bertz CT molecular complexity index is 829. The Labute approximate surface area is 150 Å². The molecule has 3 atom stereocenters. The van der Waals surface area contributed by atoms with E-state index in [1.807, 2.05) is 0 Å². The third-order valence-corrected chi connectivity index (χ3v) is 7.36. The minimum Gasteiger partial charge on any atom is -0.467 e. The lowest BCUT2D eigenvalue weighted by atomic mass is 10.0. The van der Waals surface area contributed by atoms with Gasteiger partial charge in [-0.25, -0.2) is 21.7 Å². The number of hydrogen-bond acceptors (Lipinski definition) is 4. The van der Waals surface area contributed by atoms with Gasteiger partial charge in [-0.1, -0.05) is 18.2 Å². The lowest BCUT2D eigenvalue weighted by Crippen LogP contribution is -2.53. The Balaban J connectivity index is 2.51. The molecule has 5 nitrogen and oxygen atoms in total. The van der Waals surface area contributed by atoms with Crippen LogP contribution in [-0.4, -0.2) is 22.9 Å². The van der Waals surface area contributed by atoms with Crippen LogP contribution in [0.15, 0.2) is 58.0 Å². The van der Waals surface area contributed by atoms with E-state index in [4.69, 9.17) is 4.42 Å². The molecule has 0 radical (unpaired) electrons. The maximum absolute atomic E-state index is 15.4. The van der Waals surface area contributed by atoms with E-state index < -0.39 is 36.6 Å². The predicted molar refractivity (Wildman–Crippen MR) is 95.6 cm³/mol. The second-order valence-electron chi connectivity index (χ2n) is 6.84. The number of hydrogen-bond donors (Lipinski definition) is 1. The first-order chi connectivity index (χ1) is 11.5. The molecule has 138 valence electrons. The fourth-order valence-electron chi connectivity index (χ4n) is 2.17. The Morgan fingerprint density at radius 1 is 1.08 bits per heavy atom. The van der Waals surface area contributed by atoms with Crippen LogP contribution >= 0.6 is 0 Å². The van der Waals surface area contributed by atoms with E-state index in [0.29, 0.717) is 0 Å². The average Bonchev–Trinajstić information content (AvgIpc) is 3.09. The van der Waals surface area contributed by atoms with Gasteiger partial charge in [-0.05, 0) is 52.0 Å². The van der Waals surface area contributed by atoms with E-state index >= 15 is 4.39 Å². The number of alkyl halides is 1. The molecule has 0 amide bonds. The van der Waals surface area contributed by atoms with Crippen molar-refractivity contribution in [2.24, 2.45) is 0 Å². The molecule has 0 bridgehead atoms. The molecule has 1 unspecified atom stereocenters. The molecule has 25 heavy (non-hydrogen) atoms. The summed E-state index contributed by atoms with van der Waals surface area (Å²) in [6.45, 7) is 6.45. The van der Waals surface area contributed by atoms with Gasteiger partial charge in [0.1, 0.15) is 11.3 Å². The van der Waals surface area contributed by atoms with E-state index in [1.54, 1.807) is 26.8 Å². The molecule has 0 saturated carbocycles. The number of benzene rings is 1. The van der Waals surface area contributed by atoms with E-state index in [-0.39, 0.29) is 10.7 Å². The highest BCUT2D eigenvalue weighted by Gasteiger charge is 2.49. The first kappa shape index (κ1) is 19.8. The van der Waals surface area contributed by atoms with Crippen LogP contribution in [-0.2, 0) is 26.4 Å². The van der Waals surface area contributed by atoms with Gasteiger partial charge in [0.15, 0.2) is 0 Å². The summed E-state index contributed by atoms with van der Waals surface area (Å²) in [4.78, 5) is -0.149. The second kappa shape index (κ2) is 7.01. The highest BCUT2D eigenvalue weighted by Crippen LogP contribution is 2.35. The topological polar surface area (TPSA) is 76.4 Å². The third kappa shape index (κ3) is 4.02. The summed E-state index contributed by atoms with van der Waals surface area (Å²) in [5, 5.41) is 0. The quantitative estimate of drug-likeness (QED) is 0.825. The molecule has 1 heterocycles. The molecule has 1 N–H and O–H groups in total. The molecule has 1 aromatic heterocycles. The SMILES string of the molecule is CC(C)(C)S(=O)N[C@](C)(c1ccco1)[C@@H](F)S(=O)(=O)c1ccccc1. The normalized spacial score (nSPS) is 17.6. The van der Waals surface area contributed by atoms with E-state index in [0.717, 1.165) is 0 Å². The summed E-state index contributed by atoms with van der Waals surface area (Å²) in [5.74, 6) is 0.0529. The summed E-state index contributed by atoms with van der Waals surface area (Å²) >= 11 is 0. The third-order valence-electron chi connectivity index (χ3n) is 3.69. The van der Waals surface area contributed by atoms with Crippen LogP contribution in [0.5, 0.6) is 0 Å². The summed E-state index contributed by atoms with van der Waals surface area (Å²) in [6, 6.07) is 10.3. The fraction of sp³-hybridized carbons (Fsp3) is 0.412. The molecule has 2 rings (SSSR count). The smallest absolute Gasteiger partial charge is 0.231 e. The van der Waals surface area contributed by atoms with Crippen molar-refractivity contribution in [1.29, 1.82) is 0 Å². The largest absolute Gasteiger partial charge is 0.467 e. The molecule has 0 aliphatic carbocycles. The van der Waals surface area contributed by atoms with Crippen LogP contribution in [0, 0.1) is 0 Å². The van der Waals surface area contributed by atoms with E-state index in [9.17, 15) is 12.6 Å². The Morgan fingerprint density at radius 2 is 1.68 bits per heavy atom. The molecule has 1 aromatic carbocycles. The van der Waals surface area contributed by atoms with E-state index in [2.05, 4.69) is 4.72 Å². The van der Waals surface area contributed by atoms with Crippen LogP contribution in [0.4, 0.5) is 4.39 Å². The van der Waals surface area contributed by atoms with Crippen LogP contribution in [0.3, 0.4) is 0 Å². The van der Waals surface area contributed by atoms with E-state index in [1.165, 1.54) is 49.6 Å². The molecule has 2 aromatic rings. The number of sulfone groups is 1. The van der Waals surface area contributed by atoms with Crippen LogP contribution in [0.2, 0.25) is 0 Å². The van der Waals surface area contributed by atoms with Gasteiger partial charge in [-0.3, -0.25) is 0 Å². The van der Waals surface area contributed by atoms with Gasteiger partial charge >= 0.3 is 0 Å². The Morgan fingerprint density at radius 3 is 2.16 bits per heavy atom. The molecule has 0 fully saturated rings. The van der Waals surface area contributed by atoms with Crippen molar-refractivity contribution >= 4 is 20.8 Å². The van der Waals surface area contributed by atoms with Gasteiger partial charge in [0, 0.05) is 0 Å². The van der Waals surface area contributed by atoms with Crippen molar-refractivity contribution in [2.45, 2.75) is 48.4 Å². The highest BCUT2D eigenvalue weighted by atomic mass is 32.2. The maximum atomic E-state index is 15.4. The van der Waals surface area contributed by atoms with Crippen LogP contribution < -0.4 is 4.72 Å². The molecular formula is C17H22FNO4S2. The number of halogens is 1. The number of rotatable bonds is 6. The van der Waals surface area contributed by atoms with Gasteiger partial charge in [-0.15, -0.1) is 0 Å². The van der Waals surface area contributed by atoms with Crippen molar-refractivity contribution in [1.82, 2.24) is 4.72 Å². The first-order valence-electron chi connectivity index (χ1n) is 7.66. The second-order valence-corrected chi connectivity index (χ2v) is 10.8. The van der Waals surface area contributed by atoms with Crippen LogP contribution in [0.25, 0.3) is 0 Å². The minimum absolute atomic E-state index is 0.0529. The molecule has 0 spiro atoms. The molecule has 8 heteroatoms. The van der Waals surface area contributed by atoms with Gasteiger partial charge < -0.3 is 4.42 Å². The fourth-order valence-corrected chi connectivity index (χ4v) is 4.71. The van der Waals surface area contributed by atoms with Gasteiger partial charge in [0.05, 0.1) is 26.9 Å². The zero-order valence-corrected chi connectivity index (χ0v) is 16.2. The highest BCUT2D eigenvalue weighted by molar-refractivity contribution is 7.92. The predicted octanol–water partition coefficient (Wildman–Crippen LogP) is 3.32. The van der Waals surface area contributed by atoms with Gasteiger partial charge in [0.25, 0.3) is 0 Å². The summed E-state index contributed by atoms with van der Waals surface area (Å²) < 4.78 is 60.6. The molecule has 0 saturated heterocycles. The van der Waals surface area contributed by atoms with Crippen molar-refractivity contribution in [3.05, 3.63) is 54.5 Å². The lowest BCUT2D eigenvalue weighted by molar-refractivity contribution is 0.225. The lowest BCUT2D eigenvalue weighted by Gasteiger charge is -2.33. The summed E-state index contributed by atoms with van der Waals surface area (Å²) in [5.41, 5.74) is -4.23. The molecular weight excluding hydrogens is 365 g/mol. The number of furan rings is 1. The van der Waals surface area contributed by atoms with Crippen LogP contribution in [0.1, 0.15) is 33.5 Å². The zero-order valence-electron chi connectivity index (χ0n) is 14.5. The van der Waals surface area contributed by atoms with Gasteiger partial charge in [0.2, 0.25) is 15.3 Å². The first-order valence-corrected chi connectivity index (χ1v) is 10.4. The molecule has 0 aliphatic heterocycles. The monoisotopic (exact) mass is 387 g/mol. The maximum Gasteiger partial charge on any atom is 0.231 e. The van der Waals surface area contributed by atoms with Gasteiger partial charge in [-0.2, -0.15) is 0 Å².